The molecular formula is C20H24N4OS. The van der Waals surface area contributed by atoms with Crippen molar-refractivity contribution < 1.29 is 4.79 Å². The quantitative estimate of drug-likeness (QED) is 0.673. The summed E-state index contributed by atoms with van der Waals surface area (Å²) < 4.78 is 0. The van der Waals surface area contributed by atoms with Crippen LogP contribution in [0.3, 0.4) is 0 Å². The molecule has 2 aliphatic heterocycles. The van der Waals surface area contributed by atoms with Crippen molar-refractivity contribution in [3.05, 3.63) is 71.6 Å². The van der Waals surface area contributed by atoms with E-state index in [9.17, 15) is 4.79 Å². The molecule has 0 aromatic heterocycles. The molecule has 26 heavy (non-hydrogen) atoms. The Balaban J connectivity index is 2.15. The normalized spacial score (nSPS) is 19.8. The molecule has 0 unspecified atom stereocenters. The van der Waals surface area contributed by atoms with E-state index in [-0.39, 0.29) is 12.3 Å². The van der Waals surface area contributed by atoms with Gasteiger partial charge in [0.1, 0.15) is 5.04 Å². The van der Waals surface area contributed by atoms with Crippen molar-refractivity contribution in [2.75, 3.05) is 27.2 Å². The Bertz CT molecular complexity index is 797. The Morgan fingerprint density at radius 3 is 2.88 bits per heavy atom. The fourth-order valence-corrected chi connectivity index (χ4v) is 3.40. The van der Waals surface area contributed by atoms with Gasteiger partial charge in [0.05, 0.1) is 23.5 Å². The van der Waals surface area contributed by atoms with Crippen molar-refractivity contribution in [3.8, 4) is 0 Å². The Hall–Kier alpha value is -2.44. The maximum Gasteiger partial charge on any atom is 0.191 e. The van der Waals surface area contributed by atoms with Crippen molar-refractivity contribution in [2.24, 2.45) is 9.98 Å². The van der Waals surface area contributed by atoms with Gasteiger partial charge in [-0.05, 0) is 38.7 Å². The van der Waals surface area contributed by atoms with Crippen LogP contribution in [0.15, 0.2) is 81.6 Å². The van der Waals surface area contributed by atoms with Gasteiger partial charge in [0.2, 0.25) is 0 Å². The van der Waals surface area contributed by atoms with Crippen LogP contribution in [0, 0.1) is 0 Å². The highest BCUT2D eigenvalue weighted by molar-refractivity contribution is 8.19. The van der Waals surface area contributed by atoms with E-state index in [1.807, 2.05) is 38.1 Å². The first-order valence-electron chi connectivity index (χ1n) is 8.15. The maximum atomic E-state index is 12.6. The van der Waals surface area contributed by atoms with E-state index in [1.165, 1.54) is 11.8 Å². The van der Waals surface area contributed by atoms with Crippen LogP contribution in [0.1, 0.15) is 6.92 Å². The topological polar surface area (TPSA) is 48.3 Å². The molecule has 0 fully saturated rings. The minimum absolute atomic E-state index is 0.00617. The van der Waals surface area contributed by atoms with Crippen molar-refractivity contribution in [1.29, 1.82) is 0 Å². The van der Waals surface area contributed by atoms with Crippen LogP contribution in [0.2, 0.25) is 0 Å². The van der Waals surface area contributed by atoms with E-state index in [0.717, 1.165) is 17.8 Å². The van der Waals surface area contributed by atoms with Gasteiger partial charge < -0.3 is 9.80 Å². The van der Waals surface area contributed by atoms with Crippen LogP contribution >= 0.6 is 11.8 Å². The zero-order chi connectivity index (χ0) is 19.3. The van der Waals surface area contributed by atoms with Crippen LogP contribution in [0.4, 0.5) is 0 Å². The van der Waals surface area contributed by atoms with Gasteiger partial charge in [-0.2, -0.15) is 0 Å². The Labute approximate surface area is 159 Å². The zero-order valence-electron chi connectivity index (χ0n) is 15.5. The van der Waals surface area contributed by atoms with E-state index in [4.69, 9.17) is 0 Å². The number of nitrogens with zero attached hydrogens (tertiary/aromatic N) is 4. The molecule has 0 amide bonds. The average Bonchev–Trinajstić information content (AvgIpc) is 2.77. The van der Waals surface area contributed by atoms with E-state index < -0.39 is 0 Å². The predicted molar refractivity (Wildman–Crippen MR) is 112 cm³/mol. The summed E-state index contributed by atoms with van der Waals surface area (Å²) in [5.41, 5.74) is 3.14. The van der Waals surface area contributed by atoms with E-state index in [0.29, 0.717) is 21.2 Å². The van der Waals surface area contributed by atoms with Crippen molar-refractivity contribution in [2.45, 2.75) is 6.92 Å². The molecule has 0 aliphatic carbocycles. The first-order chi connectivity index (χ1) is 12.3. The Kier molecular flexibility index (Phi) is 6.71. The highest BCUT2D eigenvalue weighted by Gasteiger charge is 2.32. The molecule has 0 spiro atoms. The number of Topliss-reactive ketones (excluding diaryl/α,β-unsaturated/α-hetero) is 1. The number of ketones is 1. The SMILES string of the molecule is C=C/C=C(\C)N1C=NC2=C(SC(=N/C=C\C(=C)CN(C)C)C2=C)C(=O)C1. The maximum absolute atomic E-state index is 12.6. The summed E-state index contributed by atoms with van der Waals surface area (Å²) in [6, 6.07) is 0. The summed E-state index contributed by atoms with van der Waals surface area (Å²) >= 11 is 1.33. The number of hydrogen-bond acceptors (Lipinski definition) is 6. The summed E-state index contributed by atoms with van der Waals surface area (Å²) in [6.07, 6.45) is 8.76. The third-order valence-corrected chi connectivity index (χ3v) is 4.85. The van der Waals surface area contributed by atoms with Gasteiger partial charge >= 0.3 is 0 Å². The molecule has 0 aromatic carbocycles. The standard InChI is InChI=1S/C20H24N4OS/c1-7-8-15(3)24-12-17(25)19-18(22-13-24)16(4)20(26-19)21-10-9-14(2)11-23(5)6/h7-10,13H,1-2,4,11-12H2,3,5-6H3/b10-9-,15-8+,21-20?. The van der Waals surface area contributed by atoms with Gasteiger partial charge in [-0.1, -0.05) is 37.6 Å². The van der Waals surface area contributed by atoms with Gasteiger partial charge in [0.25, 0.3) is 0 Å². The van der Waals surface area contributed by atoms with Crippen LogP contribution in [-0.4, -0.2) is 54.2 Å². The predicted octanol–water partition coefficient (Wildman–Crippen LogP) is 3.53. The summed E-state index contributed by atoms with van der Waals surface area (Å²) in [7, 11) is 3.97. The smallest absolute Gasteiger partial charge is 0.191 e. The molecule has 6 heteroatoms. The van der Waals surface area contributed by atoms with Crippen molar-refractivity contribution in [1.82, 2.24) is 9.80 Å². The molecule has 5 nitrogen and oxygen atoms in total. The molecule has 0 saturated carbocycles. The average molecular weight is 369 g/mol. The van der Waals surface area contributed by atoms with Crippen LogP contribution in [-0.2, 0) is 4.79 Å². The van der Waals surface area contributed by atoms with E-state index in [2.05, 4.69) is 29.7 Å². The number of rotatable bonds is 6. The fourth-order valence-electron chi connectivity index (χ4n) is 2.42. The minimum Gasteiger partial charge on any atom is -0.329 e. The number of hydrogen-bond donors (Lipinski definition) is 0. The van der Waals surface area contributed by atoms with Gasteiger partial charge in [-0.3, -0.25) is 4.79 Å². The summed E-state index contributed by atoms with van der Waals surface area (Å²) in [6.45, 7) is 14.6. The van der Waals surface area contributed by atoms with Gasteiger partial charge in [0.15, 0.2) is 5.78 Å². The Morgan fingerprint density at radius 2 is 2.23 bits per heavy atom. The zero-order valence-corrected chi connectivity index (χ0v) is 16.3. The first-order valence-corrected chi connectivity index (χ1v) is 8.97. The van der Waals surface area contributed by atoms with Crippen LogP contribution in [0.5, 0.6) is 0 Å². The Morgan fingerprint density at radius 1 is 1.50 bits per heavy atom. The molecule has 2 rings (SSSR count). The summed E-state index contributed by atoms with van der Waals surface area (Å²) in [4.78, 5) is 26.0. The van der Waals surface area contributed by atoms with Crippen molar-refractivity contribution >= 4 is 28.9 Å². The molecular weight excluding hydrogens is 344 g/mol. The second-order valence-electron chi connectivity index (χ2n) is 6.24. The second-order valence-corrected chi connectivity index (χ2v) is 7.24. The number of allylic oxidation sites excluding steroid dienone is 4. The lowest BCUT2D eigenvalue weighted by Gasteiger charge is -2.17. The molecule has 0 atom stereocenters. The third-order valence-electron chi connectivity index (χ3n) is 3.68. The van der Waals surface area contributed by atoms with Gasteiger partial charge in [-0.15, -0.1) is 0 Å². The molecule has 0 aromatic rings. The van der Waals surface area contributed by atoms with Crippen LogP contribution < -0.4 is 0 Å². The minimum atomic E-state index is 0.00617. The number of carbonyl (C=O) groups excluding carboxylic acids is 1. The first kappa shape index (κ1) is 19.9. The number of thioether (sulfide) groups is 1. The molecule has 2 aliphatic rings. The van der Waals surface area contributed by atoms with Gasteiger partial charge in [-0.25, -0.2) is 9.98 Å². The third kappa shape index (κ3) is 4.80. The second kappa shape index (κ2) is 8.78. The number of carbonyl (C=O) groups is 1. The monoisotopic (exact) mass is 368 g/mol. The summed E-state index contributed by atoms with van der Waals surface area (Å²) in [5, 5.41) is 0.696. The molecule has 0 bridgehead atoms. The van der Waals surface area contributed by atoms with Crippen LogP contribution in [0.25, 0.3) is 0 Å². The molecule has 2 heterocycles. The van der Waals surface area contributed by atoms with E-state index in [1.54, 1.807) is 23.5 Å². The number of aliphatic imine (C=N–C) groups is 2. The molecule has 136 valence electrons. The molecule has 0 N–H and O–H groups in total. The number of likely N-dealkylation sites (N-methyl/N-ethyl adjacent to an activating group) is 1. The fraction of sp³-hybridized carbons (Fsp3) is 0.250. The lowest BCUT2D eigenvalue weighted by atomic mass is 10.2. The largest absolute Gasteiger partial charge is 0.329 e. The lowest BCUT2D eigenvalue weighted by molar-refractivity contribution is -0.114. The van der Waals surface area contributed by atoms with E-state index >= 15 is 0 Å². The molecule has 0 radical (unpaired) electrons. The lowest BCUT2D eigenvalue weighted by Crippen LogP contribution is -2.26. The highest BCUT2D eigenvalue weighted by atomic mass is 32.2. The van der Waals surface area contributed by atoms with Crippen molar-refractivity contribution in [3.63, 3.8) is 0 Å². The summed E-state index contributed by atoms with van der Waals surface area (Å²) in [5.74, 6) is 0.00617. The van der Waals surface area contributed by atoms with Gasteiger partial charge in [0, 0.05) is 24.0 Å². The molecule has 0 saturated heterocycles. The highest BCUT2D eigenvalue weighted by Crippen LogP contribution is 2.39.